The number of hydrogen-bond donors (Lipinski definition) is 0. The third kappa shape index (κ3) is 3.18. The molecular weight excluding hydrogens is 382 g/mol. The SMILES string of the molecule is CC(C)n1cc(C2=CCCN(c3ccn4ncc(Br)c4n3)CC2)nn1. The molecule has 25 heavy (non-hydrogen) atoms. The van der Waals surface area contributed by atoms with Crippen molar-refractivity contribution in [2.45, 2.75) is 32.7 Å². The molecule has 0 N–H and O–H groups in total. The van der Waals surface area contributed by atoms with Gasteiger partial charge in [0.05, 0.1) is 16.9 Å². The van der Waals surface area contributed by atoms with Gasteiger partial charge in [-0.25, -0.2) is 14.2 Å². The Kier molecular flexibility index (Phi) is 4.29. The van der Waals surface area contributed by atoms with Crippen molar-refractivity contribution in [1.29, 1.82) is 0 Å². The van der Waals surface area contributed by atoms with Crippen molar-refractivity contribution in [1.82, 2.24) is 29.6 Å². The number of halogens is 1. The first kappa shape index (κ1) is 16.3. The van der Waals surface area contributed by atoms with Crippen LogP contribution >= 0.6 is 15.9 Å². The molecule has 1 aliphatic heterocycles. The van der Waals surface area contributed by atoms with E-state index in [0.717, 1.165) is 47.6 Å². The monoisotopic (exact) mass is 401 g/mol. The molecule has 0 amide bonds. The Labute approximate surface area is 154 Å². The topological polar surface area (TPSA) is 64.1 Å². The van der Waals surface area contributed by atoms with E-state index in [1.54, 1.807) is 10.7 Å². The summed E-state index contributed by atoms with van der Waals surface area (Å²) in [5.74, 6) is 0.981. The molecule has 0 atom stereocenters. The van der Waals surface area contributed by atoms with E-state index in [1.807, 2.05) is 23.1 Å². The lowest BCUT2D eigenvalue weighted by Crippen LogP contribution is -2.25. The Morgan fingerprint density at radius 3 is 2.92 bits per heavy atom. The van der Waals surface area contributed by atoms with E-state index in [2.05, 4.69) is 56.2 Å². The predicted molar refractivity (Wildman–Crippen MR) is 101 cm³/mol. The summed E-state index contributed by atoms with van der Waals surface area (Å²) in [7, 11) is 0. The molecule has 4 heterocycles. The molecule has 0 spiro atoms. The first-order valence-corrected chi connectivity index (χ1v) is 9.27. The molecule has 0 radical (unpaired) electrons. The van der Waals surface area contributed by atoms with Crippen LogP contribution in [-0.4, -0.2) is 42.7 Å². The van der Waals surface area contributed by atoms with E-state index in [1.165, 1.54) is 5.57 Å². The van der Waals surface area contributed by atoms with Gasteiger partial charge in [-0.2, -0.15) is 5.10 Å². The maximum Gasteiger partial charge on any atom is 0.171 e. The van der Waals surface area contributed by atoms with Crippen molar-refractivity contribution >= 4 is 33.0 Å². The molecule has 0 fully saturated rings. The average Bonchev–Trinajstić information content (AvgIpc) is 3.16. The molecule has 130 valence electrons. The lowest BCUT2D eigenvalue weighted by atomic mass is 10.1. The highest BCUT2D eigenvalue weighted by molar-refractivity contribution is 9.10. The Morgan fingerprint density at radius 1 is 1.24 bits per heavy atom. The molecule has 3 aromatic heterocycles. The van der Waals surface area contributed by atoms with Gasteiger partial charge in [0.1, 0.15) is 11.5 Å². The van der Waals surface area contributed by atoms with Crippen LogP contribution in [0.15, 0.2) is 35.2 Å². The number of fused-ring (bicyclic) bond motifs is 1. The van der Waals surface area contributed by atoms with Crippen LogP contribution in [0.2, 0.25) is 0 Å². The fourth-order valence-corrected chi connectivity index (χ4v) is 3.37. The zero-order chi connectivity index (χ0) is 17.4. The molecule has 0 bridgehead atoms. The lowest BCUT2D eigenvalue weighted by Gasteiger charge is -2.21. The highest BCUT2D eigenvalue weighted by Gasteiger charge is 2.16. The summed E-state index contributed by atoms with van der Waals surface area (Å²) in [5, 5.41) is 12.8. The third-order valence-corrected chi connectivity index (χ3v) is 5.00. The summed E-state index contributed by atoms with van der Waals surface area (Å²) in [6.45, 7) is 6.07. The normalized spacial score (nSPS) is 15.7. The van der Waals surface area contributed by atoms with Crippen LogP contribution < -0.4 is 4.90 Å². The average molecular weight is 402 g/mol. The van der Waals surface area contributed by atoms with Crippen LogP contribution in [0.1, 0.15) is 38.4 Å². The van der Waals surface area contributed by atoms with E-state index in [9.17, 15) is 0 Å². The molecule has 0 saturated heterocycles. The second-order valence-electron chi connectivity index (χ2n) is 6.48. The summed E-state index contributed by atoms with van der Waals surface area (Å²) < 4.78 is 4.60. The first-order chi connectivity index (χ1) is 12.1. The molecule has 0 saturated carbocycles. The molecule has 0 aromatic carbocycles. The molecule has 3 aromatic rings. The molecule has 8 heteroatoms. The minimum absolute atomic E-state index is 0.328. The van der Waals surface area contributed by atoms with E-state index in [-0.39, 0.29) is 0 Å². The van der Waals surface area contributed by atoms with Crippen molar-refractivity contribution in [3.8, 4) is 0 Å². The fraction of sp³-hybridized carbons (Fsp3) is 0.412. The van der Waals surface area contributed by atoms with Gasteiger partial charge < -0.3 is 4.90 Å². The van der Waals surface area contributed by atoms with Crippen molar-refractivity contribution in [2.24, 2.45) is 0 Å². The van der Waals surface area contributed by atoms with Crippen LogP contribution in [0, 0.1) is 0 Å². The van der Waals surface area contributed by atoms with Gasteiger partial charge in [0.25, 0.3) is 0 Å². The highest BCUT2D eigenvalue weighted by Crippen LogP contribution is 2.25. The van der Waals surface area contributed by atoms with Gasteiger partial charge in [0.15, 0.2) is 5.65 Å². The Balaban J connectivity index is 1.52. The predicted octanol–water partition coefficient (Wildman–Crippen LogP) is 3.35. The smallest absolute Gasteiger partial charge is 0.171 e. The molecule has 0 unspecified atom stereocenters. The second-order valence-corrected chi connectivity index (χ2v) is 7.33. The van der Waals surface area contributed by atoms with Crippen molar-refractivity contribution in [3.63, 3.8) is 0 Å². The molecular formula is C17H20BrN7. The van der Waals surface area contributed by atoms with Crippen LogP contribution in [0.3, 0.4) is 0 Å². The van der Waals surface area contributed by atoms with Crippen LogP contribution in [0.25, 0.3) is 11.2 Å². The van der Waals surface area contributed by atoms with Gasteiger partial charge in [-0.15, -0.1) is 5.10 Å². The Morgan fingerprint density at radius 2 is 2.12 bits per heavy atom. The molecule has 0 aliphatic carbocycles. The summed E-state index contributed by atoms with van der Waals surface area (Å²) in [6, 6.07) is 2.35. The number of hydrogen-bond acceptors (Lipinski definition) is 5. The van der Waals surface area contributed by atoms with Crippen LogP contribution in [-0.2, 0) is 0 Å². The van der Waals surface area contributed by atoms with E-state index >= 15 is 0 Å². The number of rotatable bonds is 3. The first-order valence-electron chi connectivity index (χ1n) is 8.48. The lowest BCUT2D eigenvalue weighted by molar-refractivity contribution is 0.514. The van der Waals surface area contributed by atoms with E-state index in [4.69, 9.17) is 4.98 Å². The number of nitrogens with zero attached hydrogens (tertiary/aromatic N) is 7. The maximum atomic E-state index is 4.75. The van der Waals surface area contributed by atoms with Crippen LogP contribution in [0.5, 0.6) is 0 Å². The Bertz CT molecular complexity index is 924. The standard InChI is InChI=1S/C17H20BrN7/c1-12(2)25-11-15(21-22-25)13-4-3-7-23(8-5-13)16-6-9-24-17(20-16)14(18)10-19-24/h4,6,9-12H,3,5,7-8H2,1-2H3. The van der Waals surface area contributed by atoms with Gasteiger partial charge >= 0.3 is 0 Å². The van der Waals surface area contributed by atoms with Gasteiger partial charge in [-0.3, -0.25) is 0 Å². The molecule has 1 aliphatic rings. The summed E-state index contributed by atoms with van der Waals surface area (Å²) in [6.07, 6.45) is 9.95. The molecule has 4 rings (SSSR count). The summed E-state index contributed by atoms with van der Waals surface area (Å²) in [5.41, 5.74) is 3.09. The zero-order valence-electron chi connectivity index (χ0n) is 14.3. The third-order valence-electron chi connectivity index (χ3n) is 4.44. The molecule has 7 nitrogen and oxygen atoms in total. The van der Waals surface area contributed by atoms with Crippen molar-refractivity contribution < 1.29 is 0 Å². The quantitative estimate of drug-likeness (QED) is 0.673. The zero-order valence-corrected chi connectivity index (χ0v) is 15.9. The minimum Gasteiger partial charge on any atom is -0.356 e. The largest absolute Gasteiger partial charge is 0.356 e. The van der Waals surface area contributed by atoms with Gasteiger partial charge in [0, 0.05) is 25.3 Å². The fourth-order valence-electron chi connectivity index (χ4n) is 3.01. The Hall–Kier alpha value is -2.22. The van der Waals surface area contributed by atoms with Crippen molar-refractivity contribution in [2.75, 3.05) is 18.0 Å². The van der Waals surface area contributed by atoms with Gasteiger partial charge in [-0.1, -0.05) is 11.3 Å². The van der Waals surface area contributed by atoms with Crippen molar-refractivity contribution in [3.05, 3.63) is 40.9 Å². The van der Waals surface area contributed by atoms with E-state index < -0.39 is 0 Å². The summed E-state index contributed by atoms with van der Waals surface area (Å²) >= 11 is 3.50. The van der Waals surface area contributed by atoms with Crippen LogP contribution in [0.4, 0.5) is 5.82 Å². The number of anilines is 1. The highest BCUT2D eigenvalue weighted by atomic mass is 79.9. The number of aromatic nitrogens is 6. The summed E-state index contributed by atoms with van der Waals surface area (Å²) in [4.78, 5) is 7.06. The minimum atomic E-state index is 0.328. The van der Waals surface area contributed by atoms with E-state index in [0.29, 0.717) is 6.04 Å². The maximum absolute atomic E-state index is 4.75. The second kappa shape index (κ2) is 6.59. The van der Waals surface area contributed by atoms with Gasteiger partial charge in [0.2, 0.25) is 0 Å². The van der Waals surface area contributed by atoms with Gasteiger partial charge in [-0.05, 0) is 54.3 Å².